The molecule has 0 saturated carbocycles. The standard InChI is InChI=1S/C36H58O6Si2/c1-8-43(9-2,10-3)42-33-25-28(40-35(33)32-24-27(4)34(41-32)31(38)26-37)18-17-23-39-44(36(5,6)7,29-19-13-11-14-20-29)30-21-15-12-16-22-30/h11-16,19-22,27-28,31-35,37-38H,8-10,17-18,23-26H2,1-7H3. The first-order valence-corrected chi connectivity index (χ1v) is 21.5. The molecule has 0 aliphatic carbocycles. The summed E-state index contributed by atoms with van der Waals surface area (Å²) in [6.07, 6.45) is 1.98. The Morgan fingerprint density at radius 1 is 0.886 bits per heavy atom. The molecular formula is C36H58O6Si2. The lowest BCUT2D eigenvalue weighted by atomic mass is 9.95. The maximum absolute atomic E-state index is 10.4. The zero-order chi connectivity index (χ0) is 32.0. The van der Waals surface area contributed by atoms with Crippen molar-refractivity contribution >= 4 is 27.0 Å². The molecule has 2 N–H and O–H groups in total. The first-order chi connectivity index (χ1) is 21.0. The lowest BCUT2D eigenvalue weighted by Crippen LogP contribution is -2.66. The number of hydrogen-bond acceptors (Lipinski definition) is 6. The summed E-state index contributed by atoms with van der Waals surface area (Å²) in [6.45, 7) is 16.2. The summed E-state index contributed by atoms with van der Waals surface area (Å²) in [4.78, 5) is 0. The van der Waals surface area contributed by atoms with Crippen molar-refractivity contribution in [2.75, 3.05) is 13.2 Å². The molecule has 2 heterocycles. The summed E-state index contributed by atoms with van der Waals surface area (Å²) in [6, 6.07) is 24.9. The van der Waals surface area contributed by atoms with Crippen LogP contribution in [0.25, 0.3) is 0 Å². The summed E-state index contributed by atoms with van der Waals surface area (Å²) in [5, 5.41) is 22.5. The number of hydrogen-bond donors (Lipinski definition) is 2. The Labute approximate surface area is 268 Å². The summed E-state index contributed by atoms with van der Waals surface area (Å²) in [7, 11) is -4.45. The van der Waals surface area contributed by atoms with Crippen LogP contribution in [0.5, 0.6) is 0 Å². The van der Waals surface area contributed by atoms with Gasteiger partial charge in [0.2, 0.25) is 0 Å². The molecule has 0 spiro atoms. The molecule has 2 fully saturated rings. The Kier molecular flexibility index (Phi) is 12.5. The monoisotopic (exact) mass is 642 g/mol. The number of aliphatic hydroxyl groups excluding tert-OH is 2. The molecule has 0 amide bonds. The average Bonchev–Trinajstić information content (AvgIpc) is 3.62. The maximum atomic E-state index is 10.4. The third-order valence-electron chi connectivity index (χ3n) is 10.4. The van der Waals surface area contributed by atoms with E-state index < -0.39 is 22.7 Å². The van der Waals surface area contributed by atoms with Gasteiger partial charge in [-0.25, -0.2) is 0 Å². The minimum atomic E-state index is -2.57. The van der Waals surface area contributed by atoms with Gasteiger partial charge in [0.1, 0.15) is 12.2 Å². The first-order valence-electron chi connectivity index (χ1n) is 17.1. The minimum Gasteiger partial charge on any atom is -0.411 e. The highest BCUT2D eigenvalue weighted by atomic mass is 28.4. The SMILES string of the molecule is CC[Si](CC)(CC)OC1CC(CCCO[Si](c2ccccc2)(c2ccccc2)C(C)(C)C)OC1C1CC(C)C(C(O)CO)O1. The molecule has 8 heteroatoms. The quantitative estimate of drug-likeness (QED) is 0.182. The van der Waals surface area contributed by atoms with Gasteiger partial charge in [0, 0.05) is 13.0 Å². The van der Waals surface area contributed by atoms with Gasteiger partial charge in [-0.3, -0.25) is 0 Å². The summed E-state index contributed by atoms with van der Waals surface area (Å²) < 4.78 is 27.4. The smallest absolute Gasteiger partial charge is 0.261 e. The minimum absolute atomic E-state index is 0.00803. The summed E-state index contributed by atoms with van der Waals surface area (Å²) >= 11 is 0. The molecule has 2 aliphatic heterocycles. The maximum Gasteiger partial charge on any atom is 0.261 e. The molecular weight excluding hydrogens is 585 g/mol. The zero-order valence-corrected chi connectivity index (χ0v) is 30.2. The van der Waals surface area contributed by atoms with E-state index in [4.69, 9.17) is 18.3 Å². The Hall–Kier alpha value is -1.37. The number of rotatable bonds is 15. The lowest BCUT2D eigenvalue weighted by molar-refractivity contribution is -0.118. The van der Waals surface area contributed by atoms with Gasteiger partial charge in [0.05, 0.1) is 31.0 Å². The van der Waals surface area contributed by atoms with Crippen LogP contribution in [-0.2, 0) is 18.3 Å². The molecule has 246 valence electrons. The van der Waals surface area contributed by atoms with Gasteiger partial charge < -0.3 is 28.5 Å². The average molecular weight is 643 g/mol. The molecule has 2 aromatic carbocycles. The molecule has 6 nitrogen and oxygen atoms in total. The third-order valence-corrected chi connectivity index (χ3v) is 20.1. The predicted octanol–water partition coefficient (Wildman–Crippen LogP) is 6.04. The van der Waals surface area contributed by atoms with E-state index in [1.807, 2.05) is 0 Å². The van der Waals surface area contributed by atoms with Gasteiger partial charge in [-0.2, -0.15) is 0 Å². The van der Waals surface area contributed by atoms with Crippen molar-refractivity contribution in [1.29, 1.82) is 0 Å². The molecule has 0 radical (unpaired) electrons. The lowest BCUT2D eigenvalue weighted by Gasteiger charge is -2.43. The molecule has 2 aliphatic rings. The van der Waals surface area contributed by atoms with Crippen molar-refractivity contribution in [2.45, 2.75) is 134 Å². The van der Waals surface area contributed by atoms with Crippen LogP contribution in [0.4, 0.5) is 0 Å². The predicted molar refractivity (Wildman–Crippen MR) is 184 cm³/mol. The number of aliphatic hydroxyl groups is 2. The second-order valence-electron chi connectivity index (χ2n) is 14.1. The van der Waals surface area contributed by atoms with E-state index in [2.05, 4.69) is 109 Å². The van der Waals surface area contributed by atoms with Crippen molar-refractivity contribution in [3.05, 3.63) is 60.7 Å². The highest BCUT2D eigenvalue weighted by molar-refractivity contribution is 6.99. The van der Waals surface area contributed by atoms with Crippen LogP contribution in [0.3, 0.4) is 0 Å². The van der Waals surface area contributed by atoms with Crippen molar-refractivity contribution in [1.82, 2.24) is 0 Å². The molecule has 0 bridgehead atoms. The molecule has 7 atom stereocenters. The Bertz CT molecular complexity index is 1070. The third kappa shape index (κ3) is 7.60. The molecule has 44 heavy (non-hydrogen) atoms. The largest absolute Gasteiger partial charge is 0.411 e. The van der Waals surface area contributed by atoms with Crippen molar-refractivity contribution in [3.63, 3.8) is 0 Å². The van der Waals surface area contributed by atoms with Crippen molar-refractivity contribution in [2.24, 2.45) is 5.92 Å². The Morgan fingerprint density at radius 2 is 1.45 bits per heavy atom. The Morgan fingerprint density at radius 3 is 1.95 bits per heavy atom. The van der Waals surface area contributed by atoms with Crippen LogP contribution in [0.2, 0.25) is 23.2 Å². The van der Waals surface area contributed by atoms with Crippen LogP contribution in [-0.4, -0.2) is 76.7 Å². The van der Waals surface area contributed by atoms with E-state index in [1.165, 1.54) is 10.4 Å². The molecule has 2 aromatic rings. The second kappa shape index (κ2) is 15.5. The summed E-state index contributed by atoms with van der Waals surface area (Å²) in [5.41, 5.74) is 0. The van der Waals surface area contributed by atoms with E-state index in [1.54, 1.807) is 0 Å². The first kappa shape index (κ1) is 35.5. The highest BCUT2D eigenvalue weighted by Gasteiger charge is 2.51. The van der Waals surface area contributed by atoms with E-state index in [9.17, 15) is 10.2 Å². The van der Waals surface area contributed by atoms with Gasteiger partial charge in [-0.05, 0) is 58.7 Å². The molecule has 7 unspecified atom stereocenters. The topological polar surface area (TPSA) is 77.4 Å². The summed E-state index contributed by atoms with van der Waals surface area (Å²) in [5.74, 6) is 0.149. The van der Waals surface area contributed by atoms with Gasteiger partial charge in [-0.15, -0.1) is 0 Å². The van der Waals surface area contributed by atoms with Crippen LogP contribution in [0.15, 0.2) is 60.7 Å². The molecule has 2 saturated heterocycles. The fourth-order valence-corrected chi connectivity index (χ4v) is 15.2. The van der Waals surface area contributed by atoms with Crippen molar-refractivity contribution in [3.8, 4) is 0 Å². The normalized spacial score (nSPS) is 27.1. The zero-order valence-electron chi connectivity index (χ0n) is 28.2. The molecule has 0 aromatic heterocycles. The van der Waals surface area contributed by atoms with Gasteiger partial charge in [-0.1, -0.05) is 109 Å². The van der Waals surface area contributed by atoms with Crippen LogP contribution in [0, 0.1) is 5.92 Å². The fraction of sp³-hybridized carbons (Fsp3) is 0.667. The van der Waals surface area contributed by atoms with E-state index in [-0.39, 0.29) is 48.1 Å². The fourth-order valence-electron chi connectivity index (χ4n) is 7.68. The second-order valence-corrected chi connectivity index (χ2v) is 23.1. The van der Waals surface area contributed by atoms with Crippen LogP contribution in [0.1, 0.15) is 74.1 Å². The van der Waals surface area contributed by atoms with E-state index in [0.717, 1.165) is 43.8 Å². The van der Waals surface area contributed by atoms with Gasteiger partial charge >= 0.3 is 0 Å². The van der Waals surface area contributed by atoms with E-state index in [0.29, 0.717) is 6.61 Å². The molecule has 4 rings (SSSR count). The van der Waals surface area contributed by atoms with Gasteiger partial charge in [0.25, 0.3) is 8.32 Å². The van der Waals surface area contributed by atoms with Crippen molar-refractivity contribution < 1.29 is 28.5 Å². The van der Waals surface area contributed by atoms with E-state index >= 15 is 0 Å². The number of benzene rings is 2. The van der Waals surface area contributed by atoms with Crippen LogP contribution < -0.4 is 10.4 Å². The Balaban J connectivity index is 1.49. The highest BCUT2D eigenvalue weighted by Crippen LogP contribution is 2.40. The van der Waals surface area contributed by atoms with Crippen LogP contribution >= 0.6 is 0 Å². The number of ether oxygens (including phenoxy) is 2. The van der Waals surface area contributed by atoms with Gasteiger partial charge in [0.15, 0.2) is 8.32 Å².